The van der Waals surface area contributed by atoms with Crippen molar-refractivity contribution >= 4 is 5.97 Å². The topological polar surface area (TPSA) is 26.3 Å². The zero-order valence-electron chi connectivity index (χ0n) is 12.7. The Morgan fingerprint density at radius 2 is 2.00 bits per heavy atom. The number of rotatable bonds is 2. The van der Waals surface area contributed by atoms with Gasteiger partial charge in [0, 0.05) is 11.0 Å². The predicted molar refractivity (Wildman–Crippen MR) is 81.4 cm³/mol. The molecule has 1 unspecified atom stereocenters. The quantitative estimate of drug-likeness (QED) is 0.581. The highest BCUT2D eigenvalue weighted by Gasteiger charge is 2.36. The lowest BCUT2D eigenvalue weighted by molar-refractivity contribution is -0.151. The largest absolute Gasteiger partial charge is 0.454 e. The molecule has 0 N–H and O–H groups in total. The summed E-state index contributed by atoms with van der Waals surface area (Å²) in [5.74, 6) is -0.293. The predicted octanol–water partition coefficient (Wildman–Crippen LogP) is 4.60. The number of aryl methyl sites for hydroxylation is 1. The van der Waals surface area contributed by atoms with Crippen molar-refractivity contribution in [3.63, 3.8) is 0 Å². The summed E-state index contributed by atoms with van der Waals surface area (Å²) < 4.78 is 5.79. The maximum absolute atomic E-state index is 12.0. The Balaban J connectivity index is 2.42. The molecule has 1 aliphatic rings. The third-order valence-corrected chi connectivity index (χ3v) is 4.14. The molecule has 0 heterocycles. The average Bonchev–Trinajstić information content (AvgIpc) is 2.39. The average molecular weight is 272 g/mol. The van der Waals surface area contributed by atoms with Gasteiger partial charge >= 0.3 is 5.97 Å². The van der Waals surface area contributed by atoms with Crippen molar-refractivity contribution in [2.75, 3.05) is 0 Å². The molecule has 0 bridgehead atoms. The van der Waals surface area contributed by atoms with E-state index in [4.69, 9.17) is 4.74 Å². The van der Waals surface area contributed by atoms with Crippen molar-refractivity contribution in [2.24, 2.45) is 5.41 Å². The van der Waals surface area contributed by atoms with Crippen molar-refractivity contribution in [2.45, 2.75) is 52.6 Å². The van der Waals surface area contributed by atoms with E-state index in [1.807, 2.05) is 6.07 Å². The highest BCUT2D eigenvalue weighted by Crippen LogP contribution is 2.44. The summed E-state index contributed by atoms with van der Waals surface area (Å²) in [7, 11) is 0. The molecule has 0 saturated heterocycles. The smallest absolute Gasteiger partial charge is 0.333 e. The molecule has 108 valence electrons. The molecule has 0 spiro atoms. The molecule has 2 nitrogen and oxygen atoms in total. The fourth-order valence-electron chi connectivity index (χ4n) is 2.90. The highest BCUT2D eigenvalue weighted by atomic mass is 16.5. The van der Waals surface area contributed by atoms with Crippen LogP contribution in [0.1, 0.15) is 57.3 Å². The van der Waals surface area contributed by atoms with Gasteiger partial charge in [0.05, 0.1) is 0 Å². The minimum absolute atomic E-state index is 0.0539. The Kier molecular flexibility index (Phi) is 4.32. The lowest BCUT2D eigenvalue weighted by Crippen LogP contribution is -2.29. The van der Waals surface area contributed by atoms with Crippen LogP contribution in [-0.4, -0.2) is 5.97 Å². The molecule has 1 aliphatic carbocycles. The zero-order chi connectivity index (χ0) is 14.8. The molecule has 2 heteroatoms. The lowest BCUT2D eigenvalue weighted by Gasteiger charge is -2.37. The molecule has 0 aliphatic heterocycles. The van der Waals surface area contributed by atoms with Gasteiger partial charge in [-0.05, 0) is 37.3 Å². The van der Waals surface area contributed by atoms with Crippen LogP contribution in [0.2, 0.25) is 0 Å². The van der Waals surface area contributed by atoms with Crippen molar-refractivity contribution in [1.82, 2.24) is 0 Å². The van der Waals surface area contributed by atoms with E-state index in [9.17, 15) is 4.79 Å². The van der Waals surface area contributed by atoms with Crippen LogP contribution in [0, 0.1) is 5.41 Å². The van der Waals surface area contributed by atoms with Crippen LogP contribution >= 0.6 is 0 Å². The normalized spacial score (nSPS) is 21.2. The van der Waals surface area contributed by atoms with Crippen LogP contribution in [0.25, 0.3) is 0 Å². The van der Waals surface area contributed by atoms with E-state index in [1.165, 1.54) is 18.4 Å². The second kappa shape index (κ2) is 5.82. The Bertz CT molecular complexity index is 514. The van der Waals surface area contributed by atoms with Gasteiger partial charge in [-0.2, -0.15) is 0 Å². The maximum Gasteiger partial charge on any atom is 0.333 e. The molecule has 0 amide bonds. The van der Waals surface area contributed by atoms with Gasteiger partial charge in [0.2, 0.25) is 0 Å². The molecule has 0 fully saturated rings. The first-order chi connectivity index (χ1) is 9.42. The summed E-state index contributed by atoms with van der Waals surface area (Å²) in [6.45, 7) is 9.76. The zero-order valence-corrected chi connectivity index (χ0v) is 12.7. The molecule has 1 aromatic carbocycles. The van der Waals surface area contributed by atoms with Crippen LogP contribution in [-0.2, 0) is 16.0 Å². The van der Waals surface area contributed by atoms with Gasteiger partial charge < -0.3 is 4.74 Å². The van der Waals surface area contributed by atoms with Gasteiger partial charge in [0.15, 0.2) is 0 Å². The standard InChI is InChI=1S/C18H24O2/c1-13(2)17(19)20-16-15-11-6-5-9-14(15)10-7-8-12-18(16,3)4/h5-6,9,11,16H,1,7-8,10,12H2,2-4H3. The summed E-state index contributed by atoms with van der Waals surface area (Å²) in [4.78, 5) is 12.0. The summed E-state index contributed by atoms with van der Waals surface area (Å²) in [6, 6.07) is 8.33. The molecule has 0 aromatic heterocycles. The molecule has 1 atom stereocenters. The summed E-state index contributed by atoms with van der Waals surface area (Å²) in [5.41, 5.74) is 2.87. The molecule has 20 heavy (non-hydrogen) atoms. The lowest BCUT2D eigenvalue weighted by atomic mass is 9.74. The second-order valence-electron chi connectivity index (χ2n) is 6.46. The Morgan fingerprint density at radius 1 is 1.30 bits per heavy atom. The first-order valence-corrected chi connectivity index (χ1v) is 7.36. The van der Waals surface area contributed by atoms with Gasteiger partial charge in [-0.1, -0.05) is 51.1 Å². The SMILES string of the molecule is C=C(C)C(=O)OC1c2ccccc2CCCCC1(C)C. The van der Waals surface area contributed by atoms with Crippen molar-refractivity contribution in [3.8, 4) is 0 Å². The Hall–Kier alpha value is -1.57. The minimum Gasteiger partial charge on any atom is -0.454 e. The van der Waals surface area contributed by atoms with Crippen molar-refractivity contribution in [1.29, 1.82) is 0 Å². The molecular formula is C18H24O2. The van der Waals surface area contributed by atoms with Crippen LogP contribution < -0.4 is 0 Å². The van der Waals surface area contributed by atoms with Gasteiger partial charge in [-0.3, -0.25) is 0 Å². The van der Waals surface area contributed by atoms with E-state index in [1.54, 1.807) is 6.92 Å². The number of hydrogen-bond acceptors (Lipinski definition) is 2. The van der Waals surface area contributed by atoms with Gasteiger partial charge in [0.25, 0.3) is 0 Å². The number of esters is 1. The van der Waals surface area contributed by atoms with E-state index in [0.29, 0.717) is 5.57 Å². The van der Waals surface area contributed by atoms with Crippen LogP contribution in [0.4, 0.5) is 0 Å². The van der Waals surface area contributed by atoms with Crippen molar-refractivity contribution < 1.29 is 9.53 Å². The van der Waals surface area contributed by atoms with E-state index in [-0.39, 0.29) is 17.5 Å². The second-order valence-corrected chi connectivity index (χ2v) is 6.46. The first-order valence-electron chi connectivity index (χ1n) is 7.36. The highest BCUT2D eigenvalue weighted by molar-refractivity contribution is 5.87. The van der Waals surface area contributed by atoms with E-state index < -0.39 is 0 Å². The number of ether oxygens (including phenoxy) is 1. The molecule has 1 aromatic rings. The van der Waals surface area contributed by atoms with Crippen LogP contribution in [0.3, 0.4) is 0 Å². The number of carbonyl (C=O) groups is 1. The Morgan fingerprint density at radius 3 is 2.70 bits per heavy atom. The molecule has 0 radical (unpaired) electrons. The van der Waals surface area contributed by atoms with Gasteiger partial charge in [-0.15, -0.1) is 0 Å². The number of benzene rings is 1. The third-order valence-electron chi connectivity index (χ3n) is 4.14. The molecule has 2 rings (SSSR count). The Labute approximate surface area is 121 Å². The van der Waals surface area contributed by atoms with E-state index in [2.05, 4.69) is 38.6 Å². The van der Waals surface area contributed by atoms with Gasteiger partial charge in [0.1, 0.15) is 6.10 Å². The number of fused-ring (bicyclic) bond motifs is 1. The maximum atomic E-state index is 12.0. The minimum atomic E-state index is -0.293. The van der Waals surface area contributed by atoms with Crippen molar-refractivity contribution in [3.05, 3.63) is 47.5 Å². The van der Waals surface area contributed by atoms with Crippen LogP contribution in [0.15, 0.2) is 36.4 Å². The summed E-state index contributed by atoms with van der Waals surface area (Å²) >= 11 is 0. The molecule has 0 saturated carbocycles. The molecular weight excluding hydrogens is 248 g/mol. The fourth-order valence-corrected chi connectivity index (χ4v) is 2.90. The summed E-state index contributed by atoms with van der Waals surface area (Å²) in [5, 5.41) is 0. The first kappa shape index (κ1) is 14.8. The third kappa shape index (κ3) is 3.12. The van der Waals surface area contributed by atoms with E-state index in [0.717, 1.165) is 18.4 Å². The number of carbonyl (C=O) groups excluding carboxylic acids is 1. The van der Waals surface area contributed by atoms with E-state index >= 15 is 0 Å². The number of hydrogen-bond donors (Lipinski definition) is 0. The van der Waals surface area contributed by atoms with Gasteiger partial charge in [-0.25, -0.2) is 4.79 Å². The van der Waals surface area contributed by atoms with Crippen LogP contribution in [0.5, 0.6) is 0 Å². The fraction of sp³-hybridized carbons (Fsp3) is 0.500. The summed E-state index contributed by atoms with van der Waals surface area (Å²) in [6.07, 6.45) is 4.30. The monoisotopic (exact) mass is 272 g/mol.